The molecule has 2 unspecified atom stereocenters. The average molecular weight is 394 g/mol. The quantitative estimate of drug-likeness (QED) is 0.834. The van der Waals surface area contributed by atoms with E-state index in [1.807, 2.05) is 24.3 Å². The van der Waals surface area contributed by atoms with Crippen LogP contribution in [-0.2, 0) is 11.2 Å². The standard InChI is InChI=1S/C19H23N3O2S.ClH/c1-24-13-9-7-12(8-10-13)19-22-15-5-2-4-14(17(15)25-19)21-18(23)16-6-3-11-20-16;/h7-10,14,16,20H,2-6,11H2,1H3,(H,21,23);1H. The van der Waals surface area contributed by atoms with Crippen LogP contribution in [0.5, 0.6) is 5.75 Å². The van der Waals surface area contributed by atoms with E-state index in [2.05, 4.69) is 10.6 Å². The lowest BCUT2D eigenvalue weighted by Gasteiger charge is -2.24. The molecule has 7 heteroatoms. The SMILES string of the molecule is COc1ccc(-c2nc3c(s2)C(NC(=O)C2CCCN2)CCC3)cc1.Cl. The number of fused-ring (bicyclic) bond motifs is 1. The monoisotopic (exact) mass is 393 g/mol. The van der Waals surface area contributed by atoms with Gasteiger partial charge in [-0.1, -0.05) is 0 Å². The van der Waals surface area contributed by atoms with Gasteiger partial charge in [-0.15, -0.1) is 23.7 Å². The number of carbonyl (C=O) groups excluding carboxylic acids is 1. The summed E-state index contributed by atoms with van der Waals surface area (Å²) in [5.74, 6) is 0.981. The zero-order chi connectivity index (χ0) is 17.2. The van der Waals surface area contributed by atoms with E-state index in [4.69, 9.17) is 9.72 Å². The number of halogens is 1. The molecule has 0 bridgehead atoms. The van der Waals surface area contributed by atoms with Crippen LogP contribution in [-0.4, -0.2) is 30.6 Å². The molecule has 2 aliphatic rings. The second-order valence-electron chi connectivity index (χ2n) is 6.66. The highest BCUT2D eigenvalue weighted by molar-refractivity contribution is 7.15. The summed E-state index contributed by atoms with van der Waals surface area (Å²) in [7, 11) is 1.67. The molecule has 140 valence electrons. The normalized spacial score (nSPS) is 21.6. The van der Waals surface area contributed by atoms with Crippen LogP contribution in [0.3, 0.4) is 0 Å². The van der Waals surface area contributed by atoms with E-state index in [0.29, 0.717) is 0 Å². The van der Waals surface area contributed by atoms with E-state index in [1.165, 1.54) is 4.88 Å². The molecule has 5 nitrogen and oxygen atoms in total. The Morgan fingerprint density at radius 2 is 2.08 bits per heavy atom. The summed E-state index contributed by atoms with van der Waals surface area (Å²) in [4.78, 5) is 18.5. The van der Waals surface area contributed by atoms with Crippen LogP contribution < -0.4 is 15.4 Å². The largest absolute Gasteiger partial charge is 0.497 e. The minimum Gasteiger partial charge on any atom is -0.497 e. The molecule has 2 N–H and O–H groups in total. The zero-order valence-corrected chi connectivity index (χ0v) is 16.4. The number of nitrogens with zero attached hydrogens (tertiary/aromatic N) is 1. The summed E-state index contributed by atoms with van der Waals surface area (Å²) in [5, 5.41) is 7.55. The van der Waals surface area contributed by atoms with Gasteiger partial charge in [0, 0.05) is 5.56 Å². The molecule has 1 saturated heterocycles. The van der Waals surface area contributed by atoms with Crippen molar-refractivity contribution in [2.24, 2.45) is 0 Å². The second-order valence-corrected chi connectivity index (χ2v) is 7.69. The Bertz CT molecular complexity index is 757. The van der Waals surface area contributed by atoms with E-state index < -0.39 is 0 Å². The smallest absolute Gasteiger partial charge is 0.237 e. The molecule has 26 heavy (non-hydrogen) atoms. The van der Waals surface area contributed by atoms with Gasteiger partial charge in [-0.3, -0.25) is 4.79 Å². The van der Waals surface area contributed by atoms with Crippen molar-refractivity contribution in [1.82, 2.24) is 15.6 Å². The van der Waals surface area contributed by atoms with Crippen molar-refractivity contribution in [3.8, 4) is 16.3 Å². The molecular weight excluding hydrogens is 370 g/mol. The molecule has 2 heterocycles. The Morgan fingerprint density at radius 3 is 2.77 bits per heavy atom. The van der Waals surface area contributed by atoms with Gasteiger partial charge < -0.3 is 15.4 Å². The molecule has 0 radical (unpaired) electrons. The van der Waals surface area contributed by atoms with Crippen LogP contribution in [0.25, 0.3) is 10.6 Å². The van der Waals surface area contributed by atoms with E-state index in [1.54, 1.807) is 18.4 Å². The van der Waals surface area contributed by atoms with Gasteiger partial charge >= 0.3 is 0 Å². The number of aromatic nitrogens is 1. The number of aryl methyl sites for hydroxylation is 1. The predicted molar refractivity (Wildman–Crippen MR) is 106 cm³/mol. The van der Waals surface area contributed by atoms with Crippen LogP contribution >= 0.6 is 23.7 Å². The number of thiazole rings is 1. The third-order valence-electron chi connectivity index (χ3n) is 4.98. The third-order valence-corrected chi connectivity index (χ3v) is 6.24. The Balaban J connectivity index is 0.00000196. The Labute approximate surface area is 164 Å². The van der Waals surface area contributed by atoms with Crippen molar-refractivity contribution in [2.75, 3.05) is 13.7 Å². The van der Waals surface area contributed by atoms with Crippen LogP contribution in [0.4, 0.5) is 0 Å². The maximum atomic E-state index is 12.5. The van der Waals surface area contributed by atoms with Crippen LogP contribution in [0.15, 0.2) is 24.3 Å². The van der Waals surface area contributed by atoms with Crippen LogP contribution in [0, 0.1) is 0 Å². The number of rotatable bonds is 4. The summed E-state index contributed by atoms with van der Waals surface area (Å²) in [6.07, 6.45) is 5.08. The van der Waals surface area contributed by atoms with Gasteiger partial charge in [-0.05, 0) is 62.9 Å². The van der Waals surface area contributed by atoms with Crippen molar-refractivity contribution >= 4 is 29.7 Å². The summed E-state index contributed by atoms with van der Waals surface area (Å²) in [5.41, 5.74) is 2.24. The third kappa shape index (κ3) is 3.87. The number of ether oxygens (including phenoxy) is 1. The molecule has 1 aromatic carbocycles. The number of methoxy groups -OCH3 is 1. The highest BCUT2D eigenvalue weighted by Gasteiger charge is 2.29. The Morgan fingerprint density at radius 1 is 1.27 bits per heavy atom. The second kappa shape index (κ2) is 8.37. The first-order valence-electron chi connectivity index (χ1n) is 8.92. The molecule has 1 aliphatic carbocycles. The summed E-state index contributed by atoms with van der Waals surface area (Å²) in [6.45, 7) is 0.941. The first kappa shape index (κ1) is 19.1. The molecule has 1 aromatic heterocycles. The molecule has 2 aromatic rings. The summed E-state index contributed by atoms with van der Waals surface area (Å²) >= 11 is 1.71. The topological polar surface area (TPSA) is 63.2 Å². The van der Waals surface area contributed by atoms with Crippen molar-refractivity contribution < 1.29 is 9.53 Å². The number of hydrogen-bond acceptors (Lipinski definition) is 5. The Hall–Kier alpha value is -1.63. The van der Waals surface area contributed by atoms with E-state index >= 15 is 0 Å². The first-order valence-corrected chi connectivity index (χ1v) is 9.74. The fraction of sp³-hybridized carbons (Fsp3) is 0.474. The van der Waals surface area contributed by atoms with Gasteiger partial charge in [0.1, 0.15) is 10.8 Å². The average Bonchev–Trinajstić information content (AvgIpc) is 3.32. The maximum Gasteiger partial charge on any atom is 0.237 e. The lowest BCUT2D eigenvalue weighted by Crippen LogP contribution is -2.42. The Kier molecular flexibility index (Phi) is 6.16. The van der Waals surface area contributed by atoms with Crippen molar-refractivity contribution in [2.45, 2.75) is 44.2 Å². The van der Waals surface area contributed by atoms with Gasteiger partial charge in [-0.2, -0.15) is 0 Å². The summed E-state index contributed by atoms with van der Waals surface area (Å²) < 4.78 is 5.23. The van der Waals surface area contributed by atoms with Gasteiger partial charge in [0.15, 0.2) is 0 Å². The highest BCUT2D eigenvalue weighted by atomic mass is 35.5. The van der Waals surface area contributed by atoms with Crippen molar-refractivity contribution in [3.05, 3.63) is 34.8 Å². The predicted octanol–water partition coefficient (Wildman–Crippen LogP) is 3.49. The molecule has 4 rings (SSSR count). The fourth-order valence-electron chi connectivity index (χ4n) is 3.60. The minimum absolute atomic E-state index is 0. The molecule has 0 saturated carbocycles. The first-order chi connectivity index (χ1) is 12.2. The fourth-order valence-corrected chi connectivity index (χ4v) is 4.80. The number of benzene rings is 1. The van der Waals surface area contributed by atoms with E-state index in [0.717, 1.165) is 60.7 Å². The molecule has 0 spiro atoms. The lowest BCUT2D eigenvalue weighted by molar-refractivity contribution is -0.123. The van der Waals surface area contributed by atoms with Crippen LogP contribution in [0.1, 0.15) is 42.3 Å². The van der Waals surface area contributed by atoms with Crippen molar-refractivity contribution in [1.29, 1.82) is 0 Å². The maximum absolute atomic E-state index is 12.5. The minimum atomic E-state index is -0.0284. The number of hydrogen-bond donors (Lipinski definition) is 2. The molecular formula is C19H24ClN3O2S. The number of carbonyl (C=O) groups is 1. The van der Waals surface area contributed by atoms with Gasteiger partial charge in [0.2, 0.25) is 5.91 Å². The zero-order valence-electron chi connectivity index (χ0n) is 14.8. The van der Waals surface area contributed by atoms with E-state index in [9.17, 15) is 4.79 Å². The van der Waals surface area contributed by atoms with E-state index in [-0.39, 0.29) is 30.4 Å². The summed E-state index contributed by atoms with van der Waals surface area (Å²) in [6, 6.07) is 8.07. The molecule has 2 atom stereocenters. The highest BCUT2D eigenvalue weighted by Crippen LogP contribution is 2.38. The van der Waals surface area contributed by atoms with Crippen molar-refractivity contribution in [3.63, 3.8) is 0 Å². The number of nitrogens with one attached hydrogen (secondary N) is 2. The number of amides is 1. The van der Waals surface area contributed by atoms with Gasteiger partial charge in [-0.25, -0.2) is 4.98 Å². The van der Waals surface area contributed by atoms with Gasteiger partial charge in [0.25, 0.3) is 0 Å². The lowest BCUT2D eigenvalue weighted by atomic mass is 9.97. The molecule has 1 aliphatic heterocycles. The van der Waals surface area contributed by atoms with Gasteiger partial charge in [0.05, 0.1) is 29.8 Å². The van der Waals surface area contributed by atoms with Crippen LogP contribution in [0.2, 0.25) is 0 Å². The molecule has 1 amide bonds. The molecule has 1 fully saturated rings.